The number of ether oxygens (including phenoxy) is 2. The van der Waals surface area contributed by atoms with Gasteiger partial charge in [-0.25, -0.2) is 4.98 Å². The van der Waals surface area contributed by atoms with Gasteiger partial charge in [-0.2, -0.15) is 4.98 Å². The molecular weight excluding hydrogens is 486 g/mol. The van der Waals surface area contributed by atoms with E-state index in [1.807, 2.05) is 18.2 Å². The van der Waals surface area contributed by atoms with Gasteiger partial charge in [0.25, 0.3) is 11.5 Å². The number of hydrogen-bond acceptors (Lipinski definition) is 9. The van der Waals surface area contributed by atoms with Crippen molar-refractivity contribution in [3.63, 3.8) is 0 Å². The molecule has 2 aromatic heterocycles. The number of benzene rings is 1. The Morgan fingerprint density at radius 2 is 1.97 bits per heavy atom. The first kappa shape index (κ1) is 25.7. The van der Waals surface area contributed by atoms with Gasteiger partial charge in [-0.1, -0.05) is 11.6 Å². The number of methoxy groups -OCH3 is 1. The Balaban J connectivity index is 1.65. The summed E-state index contributed by atoms with van der Waals surface area (Å²) in [6, 6.07) is 7.20. The Morgan fingerprint density at radius 1 is 1.19 bits per heavy atom. The number of carbonyl (C=O) groups is 1. The number of fused-ring (bicyclic) bond motifs is 1. The molecule has 36 heavy (non-hydrogen) atoms. The third kappa shape index (κ3) is 5.86. The summed E-state index contributed by atoms with van der Waals surface area (Å²) in [5.41, 5.74) is 1.10. The van der Waals surface area contributed by atoms with Gasteiger partial charge in [-0.05, 0) is 31.3 Å². The summed E-state index contributed by atoms with van der Waals surface area (Å²) in [5, 5.41) is 6.89. The van der Waals surface area contributed by atoms with Crippen LogP contribution in [0.1, 0.15) is 0 Å². The Morgan fingerprint density at radius 3 is 2.69 bits per heavy atom. The fraction of sp³-hybridized carbons (Fsp3) is 0.417. The van der Waals surface area contributed by atoms with Crippen molar-refractivity contribution in [1.82, 2.24) is 24.8 Å². The third-order valence-corrected chi connectivity index (χ3v) is 6.27. The van der Waals surface area contributed by atoms with Crippen molar-refractivity contribution in [2.45, 2.75) is 6.54 Å². The molecule has 0 radical (unpaired) electrons. The Kier molecular flexibility index (Phi) is 8.24. The molecule has 1 aromatic carbocycles. The molecule has 0 aliphatic carbocycles. The van der Waals surface area contributed by atoms with Gasteiger partial charge >= 0.3 is 0 Å². The topological polar surface area (TPSA) is 114 Å². The number of anilines is 3. The second-order valence-corrected chi connectivity index (χ2v) is 8.88. The maximum atomic E-state index is 13.0. The van der Waals surface area contributed by atoms with Crippen LogP contribution in [0.3, 0.4) is 0 Å². The molecule has 1 saturated heterocycles. The zero-order valence-corrected chi connectivity index (χ0v) is 21.3. The maximum absolute atomic E-state index is 13.0. The number of aromatic nitrogens is 3. The van der Waals surface area contributed by atoms with Crippen LogP contribution < -0.4 is 25.8 Å². The number of rotatable bonds is 9. The second kappa shape index (κ2) is 11.5. The number of amides is 1. The lowest BCUT2D eigenvalue weighted by Gasteiger charge is -2.32. The van der Waals surface area contributed by atoms with Gasteiger partial charge < -0.3 is 34.5 Å². The highest BCUT2D eigenvalue weighted by atomic mass is 35.5. The van der Waals surface area contributed by atoms with E-state index in [4.69, 9.17) is 21.1 Å². The summed E-state index contributed by atoms with van der Waals surface area (Å²) in [6.07, 6.45) is 1.60. The number of nitrogens with one attached hydrogen (secondary N) is 2. The fourth-order valence-corrected chi connectivity index (χ4v) is 4.04. The van der Waals surface area contributed by atoms with Crippen LogP contribution in [0.15, 0.2) is 35.3 Å². The zero-order chi connectivity index (χ0) is 25.7. The van der Waals surface area contributed by atoms with Gasteiger partial charge in [0.05, 0.1) is 18.3 Å². The smallest absolute Gasteiger partial charge is 0.293 e. The number of carbonyl (C=O) groups excluding carboxylic acids is 1. The van der Waals surface area contributed by atoms with E-state index in [1.54, 1.807) is 23.9 Å². The molecule has 3 heterocycles. The monoisotopic (exact) mass is 515 g/mol. The normalized spacial score (nSPS) is 14.2. The molecule has 0 atom stereocenters. The SMILES string of the molecule is CNC(=O)COc1cc2cc(Nc3nc(N4CCN(C)CC4)ncc3Cl)ccc2n(CCOC)c1=O. The molecule has 12 heteroatoms. The molecule has 4 rings (SSSR count). The van der Waals surface area contributed by atoms with Crippen LogP contribution >= 0.6 is 11.6 Å². The van der Waals surface area contributed by atoms with E-state index >= 15 is 0 Å². The first-order chi connectivity index (χ1) is 17.4. The van der Waals surface area contributed by atoms with Gasteiger partial charge in [-0.15, -0.1) is 0 Å². The van der Waals surface area contributed by atoms with Crippen LogP contribution in [0.2, 0.25) is 5.02 Å². The van der Waals surface area contributed by atoms with Crippen LogP contribution in [0.4, 0.5) is 17.5 Å². The van der Waals surface area contributed by atoms with Crippen molar-refractivity contribution in [1.29, 1.82) is 0 Å². The Bertz CT molecular complexity index is 1290. The maximum Gasteiger partial charge on any atom is 0.293 e. The number of halogens is 1. The van der Waals surface area contributed by atoms with Gasteiger partial charge in [-0.3, -0.25) is 9.59 Å². The molecule has 0 bridgehead atoms. The largest absolute Gasteiger partial charge is 0.478 e. The zero-order valence-electron chi connectivity index (χ0n) is 20.6. The molecule has 2 N–H and O–H groups in total. The third-order valence-electron chi connectivity index (χ3n) is 6.00. The lowest BCUT2D eigenvalue weighted by molar-refractivity contribution is -0.122. The van der Waals surface area contributed by atoms with Crippen molar-refractivity contribution in [2.75, 3.05) is 70.8 Å². The number of pyridine rings is 1. The highest BCUT2D eigenvalue weighted by molar-refractivity contribution is 6.32. The van der Waals surface area contributed by atoms with Crippen molar-refractivity contribution in [3.8, 4) is 5.75 Å². The Hall–Kier alpha value is -3.41. The summed E-state index contributed by atoms with van der Waals surface area (Å²) in [5.74, 6) is 0.859. The average molecular weight is 516 g/mol. The second-order valence-electron chi connectivity index (χ2n) is 8.48. The summed E-state index contributed by atoms with van der Waals surface area (Å²) in [4.78, 5) is 38.1. The molecule has 1 fully saturated rings. The number of hydrogen-bond donors (Lipinski definition) is 2. The molecule has 11 nitrogen and oxygen atoms in total. The lowest BCUT2D eigenvalue weighted by Crippen LogP contribution is -2.45. The van der Waals surface area contributed by atoms with Crippen molar-refractivity contribution < 1.29 is 14.3 Å². The summed E-state index contributed by atoms with van der Waals surface area (Å²) in [7, 11) is 5.17. The van der Waals surface area contributed by atoms with E-state index < -0.39 is 0 Å². The summed E-state index contributed by atoms with van der Waals surface area (Å²) in [6.45, 7) is 3.98. The molecule has 0 spiro atoms. The van der Waals surface area contributed by atoms with E-state index in [1.165, 1.54) is 7.05 Å². The molecule has 192 valence electrons. The van der Waals surface area contributed by atoms with Gasteiger partial charge in [0, 0.05) is 58.0 Å². The van der Waals surface area contributed by atoms with Crippen molar-refractivity contribution >= 4 is 45.9 Å². The van der Waals surface area contributed by atoms with Gasteiger partial charge in [0.15, 0.2) is 18.2 Å². The van der Waals surface area contributed by atoms with Crippen LogP contribution in [-0.4, -0.2) is 85.9 Å². The lowest BCUT2D eigenvalue weighted by atomic mass is 10.1. The van der Waals surface area contributed by atoms with E-state index in [9.17, 15) is 9.59 Å². The molecular formula is C24H30ClN7O4. The van der Waals surface area contributed by atoms with Crippen LogP contribution in [0.5, 0.6) is 5.75 Å². The molecule has 0 unspecified atom stereocenters. The number of piperazine rings is 1. The quantitative estimate of drug-likeness (QED) is 0.439. The predicted molar refractivity (Wildman–Crippen MR) is 140 cm³/mol. The minimum atomic E-state index is -0.333. The van der Waals surface area contributed by atoms with Crippen LogP contribution in [0.25, 0.3) is 10.9 Å². The van der Waals surface area contributed by atoms with Crippen LogP contribution in [-0.2, 0) is 16.1 Å². The van der Waals surface area contributed by atoms with E-state index in [0.717, 1.165) is 37.3 Å². The predicted octanol–water partition coefficient (Wildman–Crippen LogP) is 1.71. The van der Waals surface area contributed by atoms with Crippen molar-refractivity contribution in [3.05, 3.63) is 45.8 Å². The molecule has 1 aliphatic rings. The number of likely N-dealkylation sites (N-methyl/N-ethyl adjacent to an activating group) is 2. The minimum absolute atomic E-state index is 0.0803. The number of nitrogens with zero attached hydrogens (tertiary/aromatic N) is 5. The highest BCUT2D eigenvalue weighted by Gasteiger charge is 2.18. The fourth-order valence-electron chi connectivity index (χ4n) is 3.90. The Labute approximate surface area is 214 Å². The standard InChI is InChI=1S/C24H30ClN7O4/c1-26-21(33)15-36-20-13-16-12-17(4-5-19(16)32(23(20)34)10-11-35-3)28-22-18(25)14-27-24(29-22)31-8-6-30(2)7-9-31/h4-5,12-14H,6-11,15H2,1-3H3,(H,26,33)(H,27,28,29). The van der Waals surface area contributed by atoms with Crippen molar-refractivity contribution in [2.24, 2.45) is 0 Å². The average Bonchev–Trinajstić information content (AvgIpc) is 2.88. The van der Waals surface area contributed by atoms with E-state index in [-0.39, 0.29) is 23.8 Å². The first-order valence-electron chi connectivity index (χ1n) is 11.6. The van der Waals surface area contributed by atoms with Gasteiger partial charge in [0.1, 0.15) is 5.02 Å². The molecule has 3 aromatic rings. The minimum Gasteiger partial charge on any atom is -0.478 e. The highest BCUT2D eigenvalue weighted by Crippen LogP contribution is 2.28. The van der Waals surface area contributed by atoms with E-state index in [2.05, 4.69) is 37.4 Å². The summed E-state index contributed by atoms with van der Waals surface area (Å²) >= 11 is 6.41. The van der Waals surface area contributed by atoms with Gasteiger partial charge in [0.2, 0.25) is 5.95 Å². The van der Waals surface area contributed by atoms with E-state index in [0.29, 0.717) is 35.5 Å². The molecule has 1 aliphatic heterocycles. The van der Waals surface area contributed by atoms with Crippen LogP contribution in [0, 0.1) is 0 Å². The molecule has 1 amide bonds. The first-order valence-corrected chi connectivity index (χ1v) is 12.0. The molecule has 0 saturated carbocycles. The summed E-state index contributed by atoms with van der Waals surface area (Å²) < 4.78 is 12.3.